The van der Waals surface area contributed by atoms with Crippen molar-refractivity contribution in [1.29, 1.82) is 0 Å². The van der Waals surface area contributed by atoms with Gasteiger partial charge in [0.1, 0.15) is 11.5 Å². The molecule has 0 aliphatic heterocycles. The number of hydrogen-bond donors (Lipinski definition) is 1. The Morgan fingerprint density at radius 2 is 2.28 bits per heavy atom. The second-order valence-electron chi connectivity index (χ2n) is 4.73. The quantitative estimate of drug-likeness (QED) is 0.850. The topological polar surface area (TPSA) is 32.6 Å². The zero-order valence-corrected chi connectivity index (χ0v) is 11.4. The van der Waals surface area contributed by atoms with Crippen LogP contribution >= 0.6 is 0 Å². The Hall–Kier alpha value is -1.55. The molecule has 0 saturated heterocycles. The van der Waals surface area contributed by atoms with Gasteiger partial charge in [0.15, 0.2) is 0 Å². The van der Waals surface area contributed by atoms with Gasteiger partial charge in [-0.3, -0.25) is 4.40 Å². The summed E-state index contributed by atoms with van der Waals surface area (Å²) in [5.74, 6) is 1.10. The van der Waals surface area contributed by atoms with Gasteiger partial charge in [0.05, 0.1) is 0 Å². The van der Waals surface area contributed by atoms with Crippen LogP contribution in [0.5, 0.6) is 0 Å². The molecular formula is C14H22N4. The lowest BCUT2D eigenvalue weighted by Crippen LogP contribution is -2.32. The third kappa shape index (κ3) is 2.82. The van der Waals surface area contributed by atoms with Crippen molar-refractivity contribution in [2.75, 3.05) is 25.5 Å². The molecule has 1 N–H and O–H groups in total. The number of nitrogens with one attached hydrogen (secondary N) is 1. The molecule has 0 radical (unpaired) electrons. The van der Waals surface area contributed by atoms with Gasteiger partial charge in [-0.1, -0.05) is 13.0 Å². The van der Waals surface area contributed by atoms with E-state index in [4.69, 9.17) is 0 Å². The van der Waals surface area contributed by atoms with Crippen LogP contribution in [0.1, 0.15) is 20.3 Å². The van der Waals surface area contributed by atoms with E-state index < -0.39 is 0 Å². The average molecular weight is 246 g/mol. The second kappa shape index (κ2) is 5.87. The van der Waals surface area contributed by atoms with Gasteiger partial charge in [-0.25, -0.2) is 4.98 Å². The molecule has 0 aromatic carbocycles. The van der Waals surface area contributed by atoms with Crippen LogP contribution in [0.15, 0.2) is 30.6 Å². The van der Waals surface area contributed by atoms with Crippen LogP contribution in [0.4, 0.5) is 5.82 Å². The third-order valence-electron chi connectivity index (χ3n) is 3.54. The minimum Gasteiger partial charge on any atom is -0.370 e. The van der Waals surface area contributed by atoms with E-state index in [1.165, 1.54) is 6.42 Å². The summed E-state index contributed by atoms with van der Waals surface area (Å²) in [6.07, 6.45) is 5.00. The maximum Gasteiger partial charge on any atom is 0.138 e. The monoisotopic (exact) mass is 246 g/mol. The molecule has 1 unspecified atom stereocenters. The maximum atomic E-state index is 4.28. The van der Waals surface area contributed by atoms with E-state index in [1.54, 1.807) is 0 Å². The predicted octanol–water partition coefficient (Wildman–Crippen LogP) is 2.48. The lowest BCUT2D eigenvalue weighted by Gasteiger charge is -2.23. The van der Waals surface area contributed by atoms with E-state index in [1.807, 2.05) is 24.5 Å². The Morgan fingerprint density at radius 3 is 3.06 bits per heavy atom. The van der Waals surface area contributed by atoms with Gasteiger partial charge in [0.2, 0.25) is 0 Å². The molecule has 98 valence electrons. The summed E-state index contributed by atoms with van der Waals surface area (Å²) in [7, 11) is 2.17. The van der Waals surface area contributed by atoms with E-state index in [0.29, 0.717) is 6.04 Å². The molecule has 2 heterocycles. The highest BCUT2D eigenvalue weighted by molar-refractivity contribution is 5.49. The van der Waals surface area contributed by atoms with E-state index in [-0.39, 0.29) is 0 Å². The van der Waals surface area contributed by atoms with Crippen molar-refractivity contribution >= 4 is 11.5 Å². The summed E-state index contributed by atoms with van der Waals surface area (Å²) in [5.41, 5.74) is 0.982. The van der Waals surface area contributed by atoms with Gasteiger partial charge in [-0.15, -0.1) is 0 Å². The Bertz CT molecular complexity index is 491. The smallest absolute Gasteiger partial charge is 0.138 e. The van der Waals surface area contributed by atoms with E-state index >= 15 is 0 Å². The normalized spacial score (nSPS) is 13.1. The Labute approximate surface area is 109 Å². The fraction of sp³-hybridized carbons (Fsp3) is 0.500. The molecule has 1 atom stereocenters. The first kappa shape index (κ1) is 12.9. The van der Waals surface area contributed by atoms with E-state index in [2.05, 4.69) is 46.6 Å². The molecule has 0 fully saturated rings. The van der Waals surface area contributed by atoms with Crippen molar-refractivity contribution in [3.8, 4) is 0 Å². The van der Waals surface area contributed by atoms with Crippen LogP contribution in [0.3, 0.4) is 0 Å². The minimum atomic E-state index is 0.635. The molecule has 0 saturated carbocycles. The summed E-state index contributed by atoms with van der Waals surface area (Å²) >= 11 is 0. The number of imidazole rings is 1. The van der Waals surface area contributed by atoms with Crippen LogP contribution in [-0.2, 0) is 0 Å². The number of anilines is 1. The zero-order valence-electron chi connectivity index (χ0n) is 11.4. The number of fused-ring (bicyclic) bond motifs is 1. The number of pyridine rings is 1. The van der Waals surface area contributed by atoms with Gasteiger partial charge in [-0.05, 0) is 32.5 Å². The second-order valence-corrected chi connectivity index (χ2v) is 4.73. The Morgan fingerprint density at radius 1 is 1.44 bits per heavy atom. The summed E-state index contributed by atoms with van der Waals surface area (Å²) < 4.78 is 2.07. The van der Waals surface area contributed by atoms with Crippen molar-refractivity contribution in [2.24, 2.45) is 0 Å². The molecule has 0 bridgehead atoms. The SMILES string of the molecule is CCC(C)N(C)CCNc1cccc2nccn12. The van der Waals surface area contributed by atoms with Crippen molar-refractivity contribution in [3.63, 3.8) is 0 Å². The first-order valence-corrected chi connectivity index (χ1v) is 6.58. The van der Waals surface area contributed by atoms with E-state index in [0.717, 1.165) is 24.6 Å². The first-order chi connectivity index (χ1) is 8.72. The molecule has 2 aromatic rings. The Kier molecular flexibility index (Phi) is 4.20. The average Bonchev–Trinajstić information content (AvgIpc) is 2.86. The third-order valence-corrected chi connectivity index (χ3v) is 3.54. The number of hydrogen-bond acceptors (Lipinski definition) is 3. The molecule has 2 rings (SSSR count). The first-order valence-electron chi connectivity index (χ1n) is 6.58. The number of aromatic nitrogens is 2. The van der Waals surface area contributed by atoms with Crippen molar-refractivity contribution < 1.29 is 0 Å². The van der Waals surface area contributed by atoms with Gasteiger partial charge in [0, 0.05) is 31.5 Å². The summed E-state index contributed by atoms with van der Waals surface area (Å²) in [6, 6.07) is 6.76. The molecule has 0 spiro atoms. The number of nitrogens with zero attached hydrogens (tertiary/aromatic N) is 3. The molecule has 2 aromatic heterocycles. The summed E-state index contributed by atoms with van der Waals surface area (Å²) in [4.78, 5) is 6.65. The van der Waals surface area contributed by atoms with E-state index in [9.17, 15) is 0 Å². The van der Waals surface area contributed by atoms with Gasteiger partial charge >= 0.3 is 0 Å². The highest BCUT2D eigenvalue weighted by Crippen LogP contribution is 2.10. The fourth-order valence-corrected chi connectivity index (χ4v) is 1.98. The van der Waals surface area contributed by atoms with Gasteiger partial charge in [0.25, 0.3) is 0 Å². The molecule has 4 heteroatoms. The van der Waals surface area contributed by atoms with Crippen LogP contribution < -0.4 is 5.32 Å². The standard InChI is InChI=1S/C14H22N4/c1-4-12(2)17(3)10-8-15-13-6-5-7-14-16-9-11-18(13)14/h5-7,9,11-12,15H,4,8,10H2,1-3H3. The molecular weight excluding hydrogens is 224 g/mol. The lowest BCUT2D eigenvalue weighted by molar-refractivity contribution is 0.261. The highest BCUT2D eigenvalue weighted by Gasteiger charge is 2.06. The van der Waals surface area contributed by atoms with Crippen molar-refractivity contribution in [2.45, 2.75) is 26.3 Å². The summed E-state index contributed by atoms with van der Waals surface area (Å²) in [6.45, 7) is 6.47. The maximum absolute atomic E-state index is 4.28. The minimum absolute atomic E-state index is 0.635. The molecule has 0 aliphatic carbocycles. The van der Waals surface area contributed by atoms with Gasteiger partial charge < -0.3 is 10.2 Å². The molecule has 0 aliphatic rings. The highest BCUT2D eigenvalue weighted by atomic mass is 15.2. The van der Waals surface area contributed by atoms with Crippen LogP contribution in [0, 0.1) is 0 Å². The predicted molar refractivity (Wildman–Crippen MR) is 76.1 cm³/mol. The van der Waals surface area contributed by atoms with Crippen molar-refractivity contribution in [1.82, 2.24) is 14.3 Å². The largest absolute Gasteiger partial charge is 0.370 e. The van der Waals surface area contributed by atoms with Crippen molar-refractivity contribution in [3.05, 3.63) is 30.6 Å². The fourth-order valence-electron chi connectivity index (χ4n) is 1.98. The van der Waals surface area contributed by atoms with Crippen LogP contribution in [0.25, 0.3) is 5.65 Å². The molecule has 18 heavy (non-hydrogen) atoms. The zero-order chi connectivity index (χ0) is 13.0. The lowest BCUT2D eigenvalue weighted by atomic mass is 10.2. The summed E-state index contributed by atoms with van der Waals surface area (Å²) in [5, 5.41) is 3.46. The van der Waals surface area contributed by atoms with Gasteiger partial charge in [-0.2, -0.15) is 0 Å². The Balaban J connectivity index is 1.92. The molecule has 0 amide bonds. The number of likely N-dealkylation sites (N-methyl/N-ethyl adjacent to an activating group) is 1. The molecule has 4 nitrogen and oxygen atoms in total. The van der Waals surface area contributed by atoms with Crippen LogP contribution in [0.2, 0.25) is 0 Å². The number of rotatable bonds is 6. The van der Waals surface area contributed by atoms with Crippen LogP contribution in [-0.4, -0.2) is 40.5 Å².